The van der Waals surface area contributed by atoms with E-state index in [0.29, 0.717) is 47.8 Å². The Morgan fingerprint density at radius 1 is 1.32 bits per heavy atom. The van der Waals surface area contributed by atoms with E-state index < -0.39 is 0 Å². The first-order chi connectivity index (χ1) is 16.4. The average molecular weight is 463 g/mol. The number of nitrogens with one attached hydrogen (secondary N) is 2. The van der Waals surface area contributed by atoms with Crippen molar-refractivity contribution >= 4 is 11.7 Å². The first kappa shape index (κ1) is 25.2. The van der Waals surface area contributed by atoms with Crippen molar-refractivity contribution in [3.63, 3.8) is 0 Å². The molecule has 1 saturated heterocycles. The molecule has 34 heavy (non-hydrogen) atoms. The highest BCUT2D eigenvalue weighted by Gasteiger charge is 2.24. The zero-order valence-corrected chi connectivity index (χ0v) is 20.3. The lowest BCUT2D eigenvalue weighted by Crippen LogP contribution is -2.47. The fourth-order valence-electron chi connectivity index (χ4n) is 4.08. The van der Waals surface area contributed by atoms with Crippen LogP contribution in [-0.4, -0.2) is 51.6 Å². The number of H-pyrrole nitrogens is 1. The first-order valence-corrected chi connectivity index (χ1v) is 11.9. The van der Waals surface area contributed by atoms with E-state index >= 15 is 0 Å². The molecule has 0 saturated carbocycles. The number of nitrogens with zero attached hydrogens (tertiary/aromatic N) is 4. The van der Waals surface area contributed by atoms with Crippen molar-refractivity contribution in [1.82, 2.24) is 20.0 Å². The van der Waals surface area contributed by atoms with E-state index in [2.05, 4.69) is 40.2 Å². The number of allylic oxidation sites excluding steroid dienone is 6. The highest BCUT2D eigenvalue weighted by molar-refractivity contribution is 5.96. The summed E-state index contributed by atoms with van der Waals surface area (Å²) >= 11 is 0. The van der Waals surface area contributed by atoms with E-state index in [0.717, 1.165) is 25.9 Å². The molecule has 3 heterocycles. The number of aromatic nitrogens is 2. The molecule has 1 aromatic rings. The zero-order valence-electron chi connectivity index (χ0n) is 20.3. The molecular weight excluding hydrogens is 428 g/mol. The molecule has 2 aliphatic heterocycles. The van der Waals surface area contributed by atoms with Crippen molar-refractivity contribution in [3.8, 4) is 6.07 Å². The van der Waals surface area contributed by atoms with Gasteiger partial charge in [-0.05, 0) is 52.5 Å². The third-order valence-electron chi connectivity index (χ3n) is 6.28. The van der Waals surface area contributed by atoms with Crippen LogP contribution in [0.2, 0.25) is 0 Å². The summed E-state index contributed by atoms with van der Waals surface area (Å²) in [5.74, 6) is 0.551. The maximum Gasteiger partial charge on any atom is 0.275 e. The number of rotatable bonds is 7. The van der Waals surface area contributed by atoms with Crippen LogP contribution in [0.25, 0.3) is 0 Å². The third-order valence-corrected chi connectivity index (χ3v) is 6.28. The normalized spacial score (nSPS) is 18.4. The van der Waals surface area contributed by atoms with Gasteiger partial charge in [0.15, 0.2) is 0 Å². The Labute approximate surface area is 201 Å². The lowest BCUT2D eigenvalue weighted by Gasteiger charge is -2.35. The second-order valence-electron chi connectivity index (χ2n) is 8.86. The molecule has 180 valence electrons. The summed E-state index contributed by atoms with van der Waals surface area (Å²) in [7, 11) is 0. The van der Waals surface area contributed by atoms with Gasteiger partial charge in [-0.2, -0.15) is 5.26 Å². The lowest BCUT2D eigenvalue weighted by atomic mass is 10.0. The second-order valence-corrected chi connectivity index (χ2v) is 8.86. The van der Waals surface area contributed by atoms with Gasteiger partial charge in [0.1, 0.15) is 5.84 Å². The molecule has 2 aliphatic rings. The van der Waals surface area contributed by atoms with Gasteiger partial charge in [0.25, 0.3) is 5.56 Å². The van der Waals surface area contributed by atoms with Crippen molar-refractivity contribution < 1.29 is 4.79 Å². The Hall–Kier alpha value is -3.44. The lowest BCUT2D eigenvalue weighted by molar-refractivity contribution is -0.118. The number of carbonyl (C=O) groups excluding carboxylic acids is 1. The highest BCUT2D eigenvalue weighted by atomic mass is 16.2. The predicted molar refractivity (Wildman–Crippen MR) is 134 cm³/mol. The van der Waals surface area contributed by atoms with Gasteiger partial charge in [-0.15, -0.1) is 0 Å². The number of piperidine rings is 1. The predicted octanol–water partition coefficient (Wildman–Crippen LogP) is 3.21. The molecule has 0 unspecified atom stereocenters. The zero-order chi connectivity index (χ0) is 24.5. The molecule has 0 atom stereocenters. The molecule has 2 N–H and O–H groups in total. The Morgan fingerprint density at radius 2 is 2.09 bits per heavy atom. The Bertz CT molecular complexity index is 1110. The molecule has 0 bridgehead atoms. The summed E-state index contributed by atoms with van der Waals surface area (Å²) in [6.45, 7) is 8.22. The van der Waals surface area contributed by atoms with Crippen LogP contribution >= 0.6 is 0 Å². The molecular formula is C26H34N6O2. The van der Waals surface area contributed by atoms with Crippen LogP contribution in [0.1, 0.15) is 52.0 Å². The minimum Gasteiger partial charge on any atom is -0.349 e. The number of likely N-dealkylation sites (tertiary alicyclic amines) is 1. The van der Waals surface area contributed by atoms with Crippen LogP contribution in [0, 0.1) is 11.3 Å². The fraction of sp³-hybridized carbons (Fsp3) is 0.462. The Kier molecular flexibility index (Phi) is 9.00. The van der Waals surface area contributed by atoms with E-state index in [4.69, 9.17) is 5.26 Å². The fourth-order valence-corrected chi connectivity index (χ4v) is 4.08. The van der Waals surface area contributed by atoms with Gasteiger partial charge in [0.05, 0.1) is 6.07 Å². The van der Waals surface area contributed by atoms with E-state index in [1.165, 1.54) is 4.68 Å². The SMILES string of the molecule is C\C=C(C#N)/C=C\C=C\Cc1c[nH]n(C2=NC=C(C(=O)NC3CCN(C(C)C)CC3)CC2)c1=O. The van der Waals surface area contributed by atoms with Crippen molar-refractivity contribution in [2.24, 2.45) is 4.99 Å². The number of hydrogen-bond acceptors (Lipinski definition) is 5. The summed E-state index contributed by atoms with van der Waals surface area (Å²) in [4.78, 5) is 32.2. The minimum absolute atomic E-state index is 0.0546. The maximum atomic E-state index is 12.7. The monoisotopic (exact) mass is 462 g/mol. The second kappa shape index (κ2) is 12.1. The molecule has 1 fully saturated rings. The van der Waals surface area contributed by atoms with Gasteiger partial charge in [-0.3, -0.25) is 14.7 Å². The van der Waals surface area contributed by atoms with Crippen molar-refractivity contribution in [1.29, 1.82) is 5.26 Å². The topological polar surface area (TPSA) is 106 Å². The largest absolute Gasteiger partial charge is 0.349 e. The summed E-state index contributed by atoms with van der Waals surface area (Å²) in [5, 5.41) is 15.0. The first-order valence-electron chi connectivity index (χ1n) is 11.9. The van der Waals surface area contributed by atoms with Gasteiger partial charge in [-0.1, -0.05) is 24.3 Å². The summed E-state index contributed by atoms with van der Waals surface area (Å²) in [6, 6.07) is 2.82. The molecule has 0 spiro atoms. The maximum absolute atomic E-state index is 12.7. The number of aromatic amines is 1. The average Bonchev–Trinajstić information content (AvgIpc) is 3.22. The Morgan fingerprint density at radius 3 is 2.71 bits per heavy atom. The molecule has 0 aromatic carbocycles. The van der Waals surface area contributed by atoms with Crippen LogP contribution < -0.4 is 10.9 Å². The van der Waals surface area contributed by atoms with E-state index in [9.17, 15) is 9.59 Å². The van der Waals surface area contributed by atoms with E-state index in [-0.39, 0.29) is 17.5 Å². The molecule has 8 heteroatoms. The summed E-state index contributed by atoms with van der Waals surface area (Å²) in [5.41, 5.74) is 1.72. The van der Waals surface area contributed by atoms with Crippen molar-refractivity contribution in [2.75, 3.05) is 13.1 Å². The molecule has 0 aliphatic carbocycles. The van der Waals surface area contributed by atoms with Gasteiger partial charge in [0.2, 0.25) is 5.91 Å². The molecule has 1 amide bonds. The van der Waals surface area contributed by atoms with Crippen LogP contribution in [0.4, 0.5) is 0 Å². The minimum atomic E-state index is -0.142. The molecule has 8 nitrogen and oxygen atoms in total. The van der Waals surface area contributed by atoms with Gasteiger partial charge < -0.3 is 10.2 Å². The van der Waals surface area contributed by atoms with Crippen LogP contribution in [-0.2, 0) is 11.2 Å². The van der Waals surface area contributed by atoms with Gasteiger partial charge >= 0.3 is 0 Å². The highest BCUT2D eigenvalue weighted by Crippen LogP contribution is 2.17. The number of aliphatic imine (C=N–C) groups is 1. The van der Waals surface area contributed by atoms with E-state index in [1.54, 1.807) is 30.6 Å². The van der Waals surface area contributed by atoms with Crippen molar-refractivity contribution in [2.45, 2.75) is 65.0 Å². The number of amides is 1. The van der Waals surface area contributed by atoms with Gasteiger partial charge in [-0.25, -0.2) is 9.67 Å². The van der Waals surface area contributed by atoms with Crippen LogP contribution in [0.3, 0.4) is 0 Å². The molecule has 3 rings (SSSR count). The summed E-state index contributed by atoms with van der Waals surface area (Å²) in [6.07, 6.45) is 15.6. The van der Waals surface area contributed by atoms with E-state index in [1.807, 2.05) is 19.1 Å². The Balaban J connectivity index is 1.56. The third kappa shape index (κ3) is 6.55. The standard InChI is InChI=1S/C26H34N6O2/c1-4-20(16-27)8-6-5-7-9-22-18-29-32(26(22)34)24-11-10-21(17-28-24)25(33)30-23-12-14-31(15-13-23)19(2)3/h4-8,17-19,23,29H,9-15H2,1-3H3,(H,30,33)/b7-5+,8-6-,20-4+. The smallest absolute Gasteiger partial charge is 0.275 e. The van der Waals surface area contributed by atoms with Crippen molar-refractivity contribution in [3.05, 3.63) is 69.8 Å². The summed E-state index contributed by atoms with van der Waals surface area (Å²) < 4.78 is 1.44. The quantitative estimate of drug-likeness (QED) is 0.479. The number of carbonyl (C=O) groups is 1. The van der Waals surface area contributed by atoms with Crippen LogP contribution in [0.15, 0.2) is 63.7 Å². The van der Waals surface area contributed by atoms with Gasteiger partial charge in [0, 0.05) is 60.7 Å². The molecule has 1 aromatic heterocycles. The molecule has 0 radical (unpaired) electrons. The van der Waals surface area contributed by atoms with Crippen LogP contribution in [0.5, 0.6) is 0 Å². The number of nitriles is 1. The number of hydrogen-bond donors (Lipinski definition) is 2.